The molecular formula is C18H14N8. The van der Waals surface area contributed by atoms with Gasteiger partial charge in [0.25, 0.3) is 0 Å². The number of fused-ring (bicyclic) bond motifs is 1. The lowest BCUT2D eigenvalue weighted by atomic mass is 10.1. The Hall–Kier alpha value is -3.99. The minimum Gasteiger partial charge on any atom is -0.360 e. The van der Waals surface area contributed by atoms with E-state index in [2.05, 4.69) is 37.0 Å². The van der Waals surface area contributed by atoms with Gasteiger partial charge in [0.1, 0.15) is 17.3 Å². The van der Waals surface area contributed by atoms with Crippen molar-refractivity contribution >= 4 is 16.9 Å². The summed E-state index contributed by atoms with van der Waals surface area (Å²) < 4.78 is 1.98. The molecule has 0 aliphatic heterocycles. The zero-order valence-corrected chi connectivity index (χ0v) is 13.9. The van der Waals surface area contributed by atoms with Crippen molar-refractivity contribution in [2.75, 3.05) is 5.32 Å². The number of anilines is 1. The topological polar surface area (TPSA) is 108 Å². The number of tetrazole rings is 1. The highest BCUT2D eigenvalue weighted by Gasteiger charge is 2.08. The number of nitrogens with zero attached hydrogens (tertiary/aromatic N) is 6. The Bertz CT molecular complexity index is 1100. The number of hydrogen-bond donors (Lipinski definition) is 2. The number of H-pyrrole nitrogens is 1. The Morgan fingerprint density at radius 2 is 2.23 bits per heavy atom. The zero-order valence-electron chi connectivity index (χ0n) is 13.9. The van der Waals surface area contributed by atoms with E-state index in [9.17, 15) is 5.26 Å². The first-order valence-electron chi connectivity index (χ1n) is 7.90. The Morgan fingerprint density at radius 1 is 1.31 bits per heavy atom. The fourth-order valence-corrected chi connectivity index (χ4v) is 2.58. The van der Waals surface area contributed by atoms with E-state index in [1.54, 1.807) is 6.20 Å². The number of allylic oxidation sites excluding steroid dienone is 1. The third-order valence-electron chi connectivity index (χ3n) is 3.98. The Kier molecular flexibility index (Phi) is 3.88. The molecule has 4 aromatic rings. The second-order valence-corrected chi connectivity index (χ2v) is 5.67. The van der Waals surface area contributed by atoms with Gasteiger partial charge < -0.3 is 9.72 Å². The van der Waals surface area contributed by atoms with Crippen molar-refractivity contribution in [3.05, 3.63) is 66.4 Å². The van der Waals surface area contributed by atoms with Crippen molar-refractivity contribution in [2.45, 2.75) is 6.92 Å². The molecule has 8 heteroatoms. The van der Waals surface area contributed by atoms with Crippen LogP contribution in [0.1, 0.15) is 11.4 Å². The summed E-state index contributed by atoms with van der Waals surface area (Å²) in [5.41, 5.74) is 4.95. The molecule has 26 heavy (non-hydrogen) atoms. The summed E-state index contributed by atoms with van der Waals surface area (Å²) in [4.78, 5) is 4.64. The molecule has 126 valence electrons. The number of nitriles is 1. The van der Waals surface area contributed by atoms with Crippen molar-refractivity contribution < 1.29 is 0 Å². The molecule has 0 bridgehead atoms. The first-order valence-corrected chi connectivity index (χ1v) is 7.90. The average molecular weight is 342 g/mol. The lowest BCUT2D eigenvalue weighted by molar-refractivity contribution is 0.881. The smallest absolute Gasteiger partial charge is 0.216 e. The monoisotopic (exact) mass is 342 g/mol. The van der Waals surface area contributed by atoms with Gasteiger partial charge in [0.05, 0.1) is 5.69 Å². The minimum absolute atomic E-state index is 0.245. The molecule has 4 rings (SSSR count). The van der Waals surface area contributed by atoms with Crippen LogP contribution in [0.4, 0.5) is 5.69 Å². The molecule has 0 atom stereocenters. The van der Waals surface area contributed by atoms with E-state index < -0.39 is 0 Å². The van der Waals surface area contributed by atoms with Crippen LogP contribution in [-0.2, 0) is 0 Å². The van der Waals surface area contributed by atoms with Crippen molar-refractivity contribution in [3.8, 4) is 17.3 Å². The van der Waals surface area contributed by atoms with E-state index in [-0.39, 0.29) is 11.4 Å². The standard InChI is InChI=1S/C18H14N8/c1-12-5-6-13(16-11-26-7-3-2-4-17(26)21-16)8-15(12)20-10-14(9-19)18-22-24-25-23-18/h2-8,10-11,20H,1H3,(H,22,23,24,25). The lowest BCUT2D eigenvalue weighted by Crippen LogP contribution is -1.95. The summed E-state index contributed by atoms with van der Waals surface area (Å²) in [6, 6.07) is 14.0. The maximum absolute atomic E-state index is 9.27. The van der Waals surface area contributed by atoms with Crippen LogP contribution in [0.15, 0.2) is 55.0 Å². The molecule has 2 N–H and O–H groups in total. The van der Waals surface area contributed by atoms with Gasteiger partial charge in [-0.2, -0.15) is 10.5 Å². The highest BCUT2D eigenvalue weighted by atomic mass is 15.5. The second-order valence-electron chi connectivity index (χ2n) is 5.67. The SMILES string of the molecule is Cc1ccc(-c2cn3ccccc3n2)cc1NC=C(C#N)c1nn[nH]n1. The van der Waals surface area contributed by atoms with Gasteiger partial charge in [-0.15, -0.1) is 10.2 Å². The van der Waals surface area contributed by atoms with Gasteiger partial charge in [-0.05, 0) is 35.9 Å². The van der Waals surface area contributed by atoms with Crippen molar-refractivity contribution in [3.63, 3.8) is 0 Å². The fraction of sp³-hybridized carbons (Fsp3) is 0.0556. The number of nitrogens with one attached hydrogen (secondary N) is 2. The van der Waals surface area contributed by atoms with Crippen LogP contribution in [0.2, 0.25) is 0 Å². The Morgan fingerprint density at radius 3 is 3.00 bits per heavy atom. The average Bonchev–Trinajstić information content (AvgIpc) is 3.33. The van der Waals surface area contributed by atoms with Gasteiger partial charge in [0.15, 0.2) is 0 Å². The predicted molar refractivity (Wildman–Crippen MR) is 96.8 cm³/mol. The van der Waals surface area contributed by atoms with Crippen molar-refractivity contribution in [1.82, 2.24) is 30.0 Å². The molecule has 0 aliphatic carbocycles. The Labute approximate surface area is 148 Å². The number of aromatic nitrogens is 6. The number of aromatic amines is 1. The van der Waals surface area contributed by atoms with E-state index in [1.165, 1.54) is 0 Å². The van der Waals surface area contributed by atoms with E-state index in [4.69, 9.17) is 0 Å². The quantitative estimate of drug-likeness (QED) is 0.552. The van der Waals surface area contributed by atoms with Gasteiger partial charge in [0.2, 0.25) is 5.82 Å². The first kappa shape index (κ1) is 15.5. The number of hydrogen-bond acceptors (Lipinski definition) is 6. The number of rotatable bonds is 4. The first-order chi connectivity index (χ1) is 12.7. The molecule has 0 saturated carbocycles. The second kappa shape index (κ2) is 6.49. The molecule has 0 spiro atoms. The molecule has 0 fully saturated rings. The highest BCUT2D eigenvalue weighted by Crippen LogP contribution is 2.25. The van der Waals surface area contributed by atoms with E-state index in [0.29, 0.717) is 0 Å². The van der Waals surface area contributed by atoms with E-state index in [0.717, 1.165) is 28.2 Å². The van der Waals surface area contributed by atoms with Gasteiger partial charge in [-0.1, -0.05) is 18.2 Å². The van der Waals surface area contributed by atoms with E-state index in [1.807, 2.05) is 60.1 Å². The normalized spacial score (nSPS) is 11.5. The molecule has 0 amide bonds. The van der Waals surface area contributed by atoms with Crippen LogP contribution in [0, 0.1) is 18.3 Å². The molecule has 8 nitrogen and oxygen atoms in total. The third kappa shape index (κ3) is 2.89. The van der Waals surface area contributed by atoms with Crippen LogP contribution in [0.5, 0.6) is 0 Å². The molecule has 0 unspecified atom stereocenters. The summed E-state index contributed by atoms with van der Waals surface area (Å²) in [5, 5.41) is 25.9. The van der Waals surface area contributed by atoms with Gasteiger partial charge in [-0.25, -0.2) is 4.98 Å². The number of imidazole rings is 1. The maximum atomic E-state index is 9.27. The van der Waals surface area contributed by atoms with Gasteiger partial charge in [0, 0.05) is 29.8 Å². The molecule has 0 aliphatic rings. The van der Waals surface area contributed by atoms with Crippen LogP contribution in [0.3, 0.4) is 0 Å². The molecule has 3 aromatic heterocycles. The number of pyridine rings is 1. The van der Waals surface area contributed by atoms with Crippen LogP contribution >= 0.6 is 0 Å². The maximum Gasteiger partial charge on any atom is 0.216 e. The summed E-state index contributed by atoms with van der Waals surface area (Å²) in [5.74, 6) is 0.245. The largest absolute Gasteiger partial charge is 0.360 e. The number of aryl methyl sites for hydroxylation is 1. The zero-order chi connectivity index (χ0) is 17.9. The summed E-state index contributed by atoms with van der Waals surface area (Å²) >= 11 is 0. The predicted octanol–water partition coefficient (Wildman–Crippen LogP) is 2.80. The lowest BCUT2D eigenvalue weighted by Gasteiger charge is -2.08. The Balaban J connectivity index is 1.67. The highest BCUT2D eigenvalue weighted by molar-refractivity contribution is 5.76. The molecule has 0 saturated heterocycles. The third-order valence-corrected chi connectivity index (χ3v) is 3.98. The van der Waals surface area contributed by atoms with Crippen molar-refractivity contribution in [1.29, 1.82) is 5.26 Å². The molecule has 3 heterocycles. The van der Waals surface area contributed by atoms with Crippen LogP contribution < -0.4 is 5.32 Å². The summed E-state index contributed by atoms with van der Waals surface area (Å²) in [6.45, 7) is 1.99. The van der Waals surface area contributed by atoms with Crippen molar-refractivity contribution in [2.24, 2.45) is 0 Å². The van der Waals surface area contributed by atoms with Crippen LogP contribution in [0.25, 0.3) is 22.5 Å². The molecule has 1 aromatic carbocycles. The summed E-state index contributed by atoms with van der Waals surface area (Å²) in [6.07, 6.45) is 5.52. The molecular weight excluding hydrogens is 328 g/mol. The van der Waals surface area contributed by atoms with Crippen LogP contribution in [-0.4, -0.2) is 30.0 Å². The summed E-state index contributed by atoms with van der Waals surface area (Å²) in [7, 11) is 0. The van der Waals surface area contributed by atoms with Gasteiger partial charge >= 0.3 is 0 Å². The number of benzene rings is 1. The van der Waals surface area contributed by atoms with Gasteiger partial charge in [-0.3, -0.25) is 0 Å². The fourth-order valence-electron chi connectivity index (χ4n) is 2.58. The molecule has 0 radical (unpaired) electrons. The van der Waals surface area contributed by atoms with E-state index >= 15 is 0 Å². The minimum atomic E-state index is 0.245.